The number of carboxylic acids is 2. The van der Waals surface area contributed by atoms with Crippen LogP contribution in [-0.4, -0.2) is 144 Å². The third-order valence-electron chi connectivity index (χ3n) is 2.07. The fourth-order valence-corrected chi connectivity index (χ4v) is 1.00. The Morgan fingerprint density at radius 3 is 1.23 bits per heavy atom. The fraction of sp³-hybridized carbons (Fsp3) is 0.333. The molecule has 0 aromatic heterocycles. The van der Waals surface area contributed by atoms with Crippen molar-refractivity contribution in [3.8, 4) is 0 Å². The Kier molecular flexibility index (Phi) is 17.9. The number of hydrogen-bond donors (Lipinski definition) is 4. The summed E-state index contributed by atoms with van der Waals surface area (Å²) in [6, 6.07) is 0. The minimum Gasteiger partial charge on any atom is -1.00 e. The number of carboxylic acid groups (broad SMARTS) is 2. The number of hydrogen-bond acceptors (Lipinski definition) is 10. The number of aliphatic hydroxyl groups excluding tert-OH is 2. The molecule has 0 aromatic carbocycles. The van der Waals surface area contributed by atoms with Gasteiger partial charge in [0.1, 0.15) is 0 Å². The minimum absolute atomic E-state index is 0. The van der Waals surface area contributed by atoms with Crippen molar-refractivity contribution in [2.24, 2.45) is 0 Å². The molecule has 0 heterocycles. The second-order valence-corrected chi connectivity index (χ2v) is 4.04. The number of esters is 4. The van der Waals surface area contributed by atoms with E-state index >= 15 is 0 Å². The van der Waals surface area contributed by atoms with Crippen LogP contribution in [0, 0.1) is 0 Å². The first-order valence-corrected chi connectivity index (χ1v) is 6.02. The van der Waals surface area contributed by atoms with Gasteiger partial charge in [-0.25, -0.2) is 19.2 Å². The number of carbonyl (C=O) groups excluding carboxylic acids is 4. The fourth-order valence-electron chi connectivity index (χ4n) is 1.00. The van der Waals surface area contributed by atoms with Crippen LogP contribution in [-0.2, 0) is 38.2 Å². The molecule has 0 rings (SSSR count). The van der Waals surface area contributed by atoms with Crippen LogP contribution in [0.2, 0.25) is 0 Å². The van der Waals surface area contributed by atoms with Gasteiger partial charge in [0.2, 0.25) is 0 Å². The van der Waals surface area contributed by atoms with Crippen LogP contribution in [0.15, 0.2) is 12.2 Å². The van der Waals surface area contributed by atoms with E-state index in [-0.39, 0.29) is 81.2 Å². The molecule has 4 N–H and O–H groups in total. The van der Waals surface area contributed by atoms with Gasteiger partial charge in [-0.05, 0) is 0 Å². The first-order valence-electron chi connectivity index (χ1n) is 6.02. The Hall–Kier alpha value is -0.601. The molecule has 0 aromatic rings. The van der Waals surface area contributed by atoms with E-state index in [4.69, 9.17) is 20.4 Å². The van der Waals surface area contributed by atoms with Gasteiger partial charge >= 0.3 is 111 Å². The van der Waals surface area contributed by atoms with Gasteiger partial charge in [-0.1, -0.05) is 0 Å². The summed E-state index contributed by atoms with van der Waals surface area (Å²) >= 11 is 0. The molecule has 0 radical (unpaired) electrons. The third kappa shape index (κ3) is 14.6. The molecule has 0 spiro atoms. The quantitative estimate of drug-likeness (QED) is 0.132. The Morgan fingerprint density at radius 1 is 0.731 bits per heavy atom. The molecule has 0 bridgehead atoms. The van der Waals surface area contributed by atoms with Crippen molar-refractivity contribution in [3.63, 3.8) is 0 Å². The van der Waals surface area contributed by atoms with Crippen LogP contribution in [0.1, 0.15) is 18.5 Å². The Morgan fingerprint density at radius 2 is 1.00 bits per heavy atom. The van der Waals surface area contributed by atoms with Crippen molar-refractivity contribution >= 4 is 111 Å². The van der Waals surface area contributed by atoms with Gasteiger partial charge in [0.15, 0.2) is 12.2 Å². The van der Waals surface area contributed by atoms with E-state index < -0.39 is 60.9 Å². The number of ether oxygens (including phenoxy) is 2. The molecule has 140 valence electrons. The summed E-state index contributed by atoms with van der Waals surface area (Å²) in [5.74, 6) is -9.00. The van der Waals surface area contributed by atoms with Crippen molar-refractivity contribution in [2.45, 2.75) is 25.0 Å². The zero-order valence-electron chi connectivity index (χ0n) is 17.2. The SMILES string of the molecule is O=C(/C=C/C(=O)OC(=O)CC(O)C(=O)O)OC(=O)CC(O)C(=O)O.[Ca+2].[Ca+2].[H-].[H-].[H-].[H-]. The molecule has 12 nitrogen and oxygen atoms in total. The van der Waals surface area contributed by atoms with Gasteiger partial charge in [0.25, 0.3) is 0 Å². The molecule has 0 saturated carbocycles. The van der Waals surface area contributed by atoms with E-state index in [1.54, 1.807) is 0 Å². The van der Waals surface area contributed by atoms with Crippen LogP contribution in [0.5, 0.6) is 0 Å². The van der Waals surface area contributed by atoms with Crippen molar-refractivity contribution in [1.29, 1.82) is 0 Å². The molecule has 2 atom stereocenters. The van der Waals surface area contributed by atoms with Crippen LogP contribution < -0.4 is 0 Å². The number of aliphatic carboxylic acids is 2. The van der Waals surface area contributed by atoms with Gasteiger partial charge in [0.05, 0.1) is 12.8 Å². The van der Waals surface area contributed by atoms with Gasteiger partial charge in [-0.2, -0.15) is 0 Å². The molecular formula is C12H16Ca2O12. The molecule has 14 heteroatoms. The minimum atomic E-state index is -2.07. The zero-order chi connectivity index (χ0) is 18.9. The Labute approximate surface area is 211 Å². The van der Waals surface area contributed by atoms with Crippen LogP contribution >= 0.6 is 0 Å². The topological polar surface area (TPSA) is 202 Å². The van der Waals surface area contributed by atoms with Gasteiger partial charge < -0.3 is 35.6 Å². The molecular weight excluding hydrogens is 416 g/mol. The number of rotatable bonds is 8. The maximum Gasteiger partial charge on any atom is 2.00 e. The van der Waals surface area contributed by atoms with Gasteiger partial charge in [0, 0.05) is 12.2 Å². The summed E-state index contributed by atoms with van der Waals surface area (Å²) in [6.07, 6.45) is -5.42. The molecule has 0 saturated heterocycles. The van der Waals surface area contributed by atoms with Crippen LogP contribution in [0.4, 0.5) is 0 Å². The monoisotopic (exact) mass is 432 g/mol. The van der Waals surface area contributed by atoms with E-state index in [0.717, 1.165) is 0 Å². The summed E-state index contributed by atoms with van der Waals surface area (Å²) < 4.78 is 8.05. The molecule has 0 aliphatic carbocycles. The Balaban J connectivity index is -0.000000176. The molecule has 26 heavy (non-hydrogen) atoms. The summed E-state index contributed by atoms with van der Waals surface area (Å²) in [6.45, 7) is 0. The van der Waals surface area contributed by atoms with Gasteiger partial charge in [-0.15, -0.1) is 0 Å². The molecule has 0 aliphatic rings. The zero-order valence-corrected chi connectivity index (χ0v) is 17.6. The van der Waals surface area contributed by atoms with E-state index in [1.807, 2.05) is 0 Å². The van der Waals surface area contributed by atoms with E-state index in [2.05, 4.69) is 9.47 Å². The third-order valence-corrected chi connectivity index (χ3v) is 2.07. The number of carbonyl (C=O) groups is 6. The first-order chi connectivity index (χ1) is 11.0. The maximum absolute atomic E-state index is 11.1. The second-order valence-electron chi connectivity index (χ2n) is 4.04. The summed E-state index contributed by atoms with van der Waals surface area (Å²) in [5, 5.41) is 34.3. The standard InChI is InChI=1S/C12H12O12.2Ca.4H/c13-5(11(19)20)3-9(17)23-7(15)1-2-8(16)24-10(18)4-6(14)12(21)22;;;;;;/h1-2,5-6,13-14H,3-4H2,(H,19,20)(H,21,22);;;;;;/q;2*+2;4*-1/b2-1+;;;;;;. The molecule has 0 aliphatic heterocycles. The molecule has 0 fully saturated rings. The summed E-state index contributed by atoms with van der Waals surface area (Å²) in [5.41, 5.74) is 0. The average Bonchev–Trinajstić information content (AvgIpc) is 2.44. The largest absolute Gasteiger partial charge is 2.00 e. The van der Waals surface area contributed by atoms with Crippen molar-refractivity contribution < 1.29 is 64.4 Å². The maximum atomic E-state index is 11.1. The van der Waals surface area contributed by atoms with Crippen LogP contribution in [0.3, 0.4) is 0 Å². The van der Waals surface area contributed by atoms with Gasteiger partial charge in [-0.3, -0.25) is 9.59 Å². The predicted octanol–water partition coefficient (Wildman–Crippen LogP) is -2.96. The molecule has 0 amide bonds. The average molecular weight is 432 g/mol. The van der Waals surface area contributed by atoms with Crippen molar-refractivity contribution in [2.75, 3.05) is 0 Å². The normalized spacial score (nSPS) is 11.9. The first kappa shape index (κ1) is 30.1. The van der Waals surface area contributed by atoms with E-state index in [1.165, 1.54) is 0 Å². The van der Waals surface area contributed by atoms with Crippen molar-refractivity contribution in [3.05, 3.63) is 12.2 Å². The predicted molar refractivity (Wildman–Crippen MR) is 83.8 cm³/mol. The Bertz CT molecular complexity index is 552. The molecule has 2 unspecified atom stereocenters. The smallest absolute Gasteiger partial charge is 1.00 e. The van der Waals surface area contributed by atoms with E-state index in [0.29, 0.717) is 12.2 Å². The summed E-state index contributed by atoms with van der Waals surface area (Å²) in [4.78, 5) is 64.7. The van der Waals surface area contributed by atoms with Crippen molar-refractivity contribution in [1.82, 2.24) is 0 Å². The van der Waals surface area contributed by atoms with E-state index in [9.17, 15) is 28.8 Å². The van der Waals surface area contributed by atoms with Crippen LogP contribution in [0.25, 0.3) is 0 Å². The number of aliphatic hydroxyl groups is 2. The second kappa shape index (κ2) is 15.5. The summed E-state index contributed by atoms with van der Waals surface area (Å²) in [7, 11) is 0.